The third-order valence-corrected chi connectivity index (χ3v) is 5.28. The van der Waals surface area contributed by atoms with Gasteiger partial charge in [0.05, 0.1) is 0 Å². The van der Waals surface area contributed by atoms with E-state index in [1.54, 1.807) is 12.1 Å². The fraction of sp³-hybridized carbons (Fsp3) is 0.0741. The lowest BCUT2D eigenvalue weighted by Crippen LogP contribution is -2.32. The summed E-state index contributed by atoms with van der Waals surface area (Å²) in [7, 11) is 0. The molecule has 0 amide bonds. The Morgan fingerprint density at radius 2 is 1.06 bits per heavy atom. The van der Waals surface area contributed by atoms with Gasteiger partial charge in [-0.05, 0) is 80.7 Å². The molecular formula is C27H23NO3. The van der Waals surface area contributed by atoms with Gasteiger partial charge in [-0.1, -0.05) is 60.7 Å². The van der Waals surface area contributed by atoms with Crippen molar-refractivity contribution in [2.24, 2.45) is 5.73 Å². The predicted octanol–water partition coefficient (Wildman–Crippen LogP) is 5.49. The number of aromatic hydroxyl groups is 1. The number of phenolic OH excluding ortho intramolecular Hbond substituents is 1. The summed E-state index contributed by atoms with van der Waals surface area (Å²) in [6.07, 6.45) is 0.273. The molecule has 0 heterocycles. The molecule has 4 N–H and O–H groups in total. The van der Waals surface area contributed by atoms with Crippen LogP contribution in [0, 0.1) is 0 Å². The van der Waals surface area contributed by atoms with E-state index in [9.17, 15) is 4.79 Å². The molecule has 0 aliphatic carbocycles. The van der Waals surface area contributed by atoms with Crippen LogP contribution in [0.2, 0.25) is 0 Å². The zero-order valence-electron chi connectivity index (χ0n) is 16.9. The van der Waals surface area contributed by atoms with Gasteiger partial charge in [0.1, 0.15) is 11.8 Å². The maximum atomic E-state index is 10.4. The van der Waals surface area contributed by atoms with Crippen molar-refractivity contribution in [3.8, 4) is 5.75 Å². The first kappa shape index (κ1) is 20.4. The first-order valence-corrected chi connectivity index (χ1v) is 10.1. The standard InChI is InChI=1S/C18H12.C9H11NO3/c1-2-6-14-10-18-12-16-8-4-3-7-15(16)11-17(18)9-13(14)5-1;10-8(9(12)13)5-6-1-3-7(11)4-2-6/h1-12H;1-4,8,11H,5,10H2,(H,12,13)/t;8-/m.0/s1. The minimum Gasteiger partial charge on any atom is -0.508 e. The molecule has 4 nitrogen and oxygen atoms in total. The van der Waals surface area contributed by atoms with Crippen molar-refractivity contribution in [2.45, 2.75) is 12.5 Å². The molecule has 0 spiro atoms. The molecule has 0 saturated carbocycles. The SMILES string of the molecule is N[C@@H](Cc1ccc(O)cc1)C(=O)O.c1ccc2cc3cc4ccccc4cc3cc2c1. The van der Waals surface area contributed by atoms with E-state index in [2.05, 4.69) is 72.8 Å². The average Bonchev–Trinajstić information content (AvgIpc) is 2.78. The summed E-state index contributed by atoms with van der Waals surface area (Å²) in [5.74, 6) is -0.860. The maximum Gasteiger partial charge on any atom is 0.320 e. The Morgan fingerprint density at radius 1 is 0.677 bits per heavy atom. The number of phenols is 1. The summed E-state index contributed by atoms with van der Waals surface area (Å²) < 4.78 is 0. The smallest absolute Gasteiger partial charge is 0.320 e. The van der Waals surface area contributed by atoms with Gasteiger partial charge in [0.15, 0.2) is 0 Å². The lowest BCUT2D eigenvalue weighted by molar-refractivity contribution is -0.138. The van der Waals surface area contributed by atoms with Crippen LogP contribution in [0.5, 0.6) is 5.75 Å². The Morgan fingerprint density at radius 3 is 1.42 bits per heavy atom. The highest BCUT2D eigenvalue weighted by Gasteiger charge is 2.11. The molecular weight excluding hydrogens is 386 g/mol. The van der Waals surface area contributed by atoms with Crippen molar-refractivity contribution in [3.63, 3.8) is 0 Å². The lowest BCUT2D eigenvalue weighted by Gasteiger charge is -2.05. The van der Waals surface area contributed by atoms with Gasteiger partial charge < -0.3 is 15.9 Å². The highest BCUT2D eigenvalue weighted by Crippen LogP contribution is 2.27. The summed E-state index contributed by atoms with van der Waals surface area (Å²) in [5, 5.41) is 25.3. The minimum absolute atomic E-state index is 0.160. The van der Waals surface area contributed by atoms with Crippen molar-refractivity contribution in [1.29, 1.82) is 0 Å². The van der Waals surface area contributed by atoms with E-state index in [1.165, 1.54) is 44.5 Å². The molecule has 0 aliphatic rings. The fourth-order valence-corrected chi connectivity index (χ4v) is 3.61. The highest BCUT2D eigenvalue weighted by molar-refractivity contribution is 6.04. The van der Waals surface area contributed by atoms with E-state index in [4.69, 9.17) is 15.9 Å². The molecule has 0 radical (unpaired) electrons. The summed E-state index contributed by atoms with van der Waals surface area (Å²) in [4.78, 5) is 10.4. The number of hydrogen-bond acceptors (Lipinski definition) is 3. The predicted molar refractivity (Wildman–Crippen MR) is 126 cm³/mol. The molecule has 1 atom stereocenters. The van der Waals surface area contributed by atoms with Gasteiger partial charge in [0, 0.05) is 0 Å². The number of carboxylic acid groups (broad SMARTS) is 1. The largest absolute Gasteiger partial charge is 0.508 e. The quantitative estimate of drug-likeness (QED) is 0.344. The Hall–Kier alpha value is -3.89. The van der Waals surface area contributed by atoms with Gasteiger partial charge in [-0.25, -0.2) is 0 Å². The molecule has 5 aromatic carbocycles. The number of rotatable bonds is 3. The molecule has 5 rings (SSSR count). The number of fused-ring (bicyclic) bond motifs is 3. The van der Waals surface area contributed by atoms with Crippen LogP contribution >= 0.6 is 0 Å². The number of hydrogen-bond donors (Lipinski definition) is 3. The molecule has 0 unspecified atom stereocenters. The first-order valence-electron chi connectivity index (χ1n) is 10.1. The fourth-order valence-electron chi connectivity index (χ4n) is 3.61. The first-order chi connectivity index (χ1) is 15.0. The number of carboxylic acids is 1. The van der Waals surface area contributed by atoms with Crippen molar-refractivity contribution in [3.05, 3.63) is 103 Å². The second-order valence-corrected chi connectivity index (χ2v) is 7.56. The Balaban J connectivity index is 0.000000159. The summed E-state index contributed by atoms with van der Waals surface area (Å²) in [6.45, 7) is 0. The third-order valence-electron chi connectivity index (χ3n) is 5.28. The van der Waals surface area contributed by atoms with Gasteiger partial charge in [-0.15, -0.1) is 0 Å². The number of carbonyl (C=O) groups is 1. The molecule has 4 heteroatoms. The van der Waals surface area contributed by atoms with Crippen LogP contribution in [-0.4, -0.2) is 22.2 Å². The lowest BCUT2D eigenvalue weighted by atomic mass is 10.00. The second-order valence-electron chi connectivity index (χ2n) is 7.56. The zero-order valence-corrected chi connectivity index (χ0v) is 16.9. The van der Waals surface area contributed by atoms with Crippen LogP contribution in [0.4, 0.5) is 0 Å². The molecule has 31 heavy (non-hydrogen) atoms. The Kier molecular flexibility index (Phi) is 5.83. The van der Waals surface area contributed by atoms with Crippen molar-refractivity contribution in [2.75, 3.05) is 0 Å². The number of nitrogens with two attached hydrogens (primary N) is 1. The number of benzene rings is 5. The Labute approximate surface area is 180 Å². The highest BCUT2D eigenvalue weighted by atomic mass is 16.4. The van der Waals surface area contributed by atoms with E-state index >= 15 is 0 Å². The number of aliphatic carboxylic acids is 1. The van der Waals surface area contributed by atoms with Crippen molar-refractivity contribution < 1.29 is 15.0 Å². The third kappa shape index (κ3) is 4.82. The minimum atomic E-state index is -1.02. The molecule has 0 saturated heterocycles. The topological polar surface area (TPSA) is 83.5 Å². The molecule has 0 bridgehead atoms. The maximum absolute atomic E-state index is 10.4. The van der Waals surface area contributed by atoms with Crippen molar-refractivity contribution >= 4 is 38.3 Å². The summed E-state index contributed by atoms with van der Waals surface area (Å²) in [6, 6.07) is 31.6. The van der Waals surface area contributed by atoms with Gasteiger partial charge >= 0.3 is 5.97 Å². The molecule has 154 valence electrons. The van der Waals surface area contributed by atoms with Crippen molar-refractivity contribution in [1.82, 2.24) is 0 Å². The summed E-state index contributed by atoms with van der Waals surface area (Å²) in [5.41, 5.74) is 6.12. The van der Waals surface area contributed by atoms with Crippen LogP contribution < -0.4 is 5.73 Å². The van der Waals surface area contributed by atoms with Crippen LogP contribution in [0.1, 0.15) is 5.56 Å². The van der Waals surface area contributed by atoms with Crippen LogP contribution in [0.3, 0.4) is 0 Å². The molecule has 0 aliphatic heterocycles. The zero-order chi connectivity index (χ0) is 21.8. The van der Waals surface area contributed by atoms with E-state index in [0.717, 1.165) is 5.56 Å². The molecule has 5 aromatic rings. The summed E-state index contributed by atoms with van der Waals surface area (Å²) >= 11 is 0. The Bertz CT molecular complexity index is 1220. The second kappa shape index (κ2) is 8.86. The van der Waals surface area contributed by atoms with Crippen LogP contribution in [0.15, 0.2) is 97.1 Å². The molecule has 0 aromatic heterocycles. The molecule has 0 fully saturated rings. The van der Waals surface area contributed by atoms with Gasteiger partial charge in [0.2, 0.25) is 0 Å². The van der Waals surface area contributed by atoms with Gasteiger partial charge in [-0.2, -0.15) is 0 Å². The average molecular weight is 409 g/mol. The van der Waals surface area contributed by atoms with Crippen LogP contribution in [-0.2, 0) is 11.2 Å². The van der Waals surface area contributed by atoms with E-state index in [1.807, 2.05) is 0 Å². The normalized spacial score (nSPS) is 11.8. The van der Waals surface area contributed by atoms with Crippen LogP contribution in [0.25, 0.3) is 32.3 Å². The van der Waals surface area contributed by atoms with Gasteiger partial charge in [0.25, 0.3) is 0 Å². The monoisotopic (exact) mass is 409 g/mol. The van der Waals surface area contributed by atoms with E-state index in [0.29, 0.717) is 0 Å². The van der Waals surface area contributed by atoms with E-state index < -0.39 is 12.0 Å². The van der Waals surface area contributed by atoms with E-state index in [-0.39, 0.29) is 12.2 Å². The van der Waals surface area contributed by atoms with Gasteiger partial charge in [-0.3, -0.25) is 4.79 Å².